The van der Waals surface area contributed by atoms with E-state index in [0.29, 0.717) is 22.1 Å². The molecule has 0 aliphatic carbocycles. The molecular weight excluding hydrogens is 344 g/mol. The van der Waals surface area contributed by atoms with Crippen LogP contribution in [0.2, 0.25) is 5.02 Å². The summed E-state index contributed by atoms with van der Waals surface area (Å²) in [6, 6.07) is 12.2. The quantitative estimate of drug-likeness (QED) is 0.822. The summed E-state index contributed by atoms with van der Waals surface area (Å²) >= 11 is 9.30. The van der Waals surface area contributed by atoms with E-state index in [2.05, 4.69) is 21.2 Å². The second-order valence-corrected chi connectivity index (χ2v) is 5.27. The van der Waals surface area contributed by atoms with Crippen LogP contribution in [0, 0.1) is 0 Å². The van der Waals surface area contributed by atoms with Gasteiger partial charge in [0.15, 0.2) is 6.61 Å². The first kappa shape index (κ1) is 14.7. The monoisotopic (exact) mass is 354 g/mol. The van der Waals surface area contributed by atoms with E-state index in [9.17, 15) is 4.79 Å². The van der Waals surface area contributed by atoms with Crippen molar-refractivity contribution >= 4 is 44.8 Å². The van der Waals surface area contributed by atoms with Crippen molar-refractivity contribution in [3.05, 3.63) is 52.0 Å². The summed E-state index contributed by atoms with van der Waals surface area (Å²) in [7, 11) is 0. The largest absolute Gasteiger partial charge is 0.483 e. The summed E-state index contributed by atoms with van der Waals surface area (Å²) in [6.07, 6.45) is 0. The van der Waals surface area contributed by atoms with E-state index >= 15 is 0 Å². The van der Waals surface area contributed by atoms with Gasteiger partial charge in [-0.15, -0.1) is 0 Å². The molecule has 0 unspecified atom stereocenters. The van der Waals surface area contributed by atoms with Crippen molar-refractivity contribution in [3.8, 4) is 5.75 Å². The maximum absolute atomic E-state index is 11.8. The van der Waals surface area contributed by atoms with Crippen molar-refractivity contribution in [2.75, 3.05) is 17.7 Å². The molecule has 104 valence electrons. The van der Waals surface area contributed by atoms with Crippen LogP contribution in [-0.2, 0) is 4.79 Å². The molecule has 4 nitrogen and oxygen atoms in total. The smallest absolute Gasteiger partial charge is 0.262 e. The van der Waals surface area contributed by atoms with Crippen LogP contribution in [0.4, 0.5) is 11.4 Å². The number of hydrogen-bond acceptors (Lipinski definition) is 3. The highest BCUT2D eigenvalue weighted by atomic mass is 79.9. The van der Waals surface area contributed by atoms with E-state index in [1.165, 1.54) is 0 Å². The highest BCUT2D eigenvalue weighted by molar-refractivity contribution is 9.10. The Morgan fingerprint density at radius 3 is 2.80 bits per heavy atom. The van der Waals surface area contributed by atoms with E-state index in [4.69, 9.17) is 22.1 Å². The fourth-order valence-electron chi connectivity index (χ4n) is 1.53. The van der Waals surface area contributed by atoms with Gasteiger partial charge in [0.1, 0.15) is 5.75 Å². The number of carbonyl (C=O) groups excluding carboxylic acids is 1. The molecule has 0 aliphatic heterocycles. The first-order valence-corrected chi connectivity index (χ1v) is 6.95. The number of benzene rings is 2. The van der Waals surface area contributed by atoms with Crippen LogP contribution in [0.5, 0.6) is 5.75 Å². The predicted molar refractivity (Wildman–Crippen MR) is 84.1 cm³/mol. The van der Waals surface area contributed by atoms with Crippen LogP contribution in [0.25, 0.3) is 0 Å². The van der Waals surface area contributed by atoms with E-state index < -0.39 is 0 Å². The molecule has 2 aromatic rings. The summed E-state index contributed by atoms with van der Waals surface area (Å²) in [4.78, 5) is 11.8. The average Bonchev–Trinajstić information content (AvgIpc) is 2.42. The molecule has 1 amide bonds. The van der Waals surface area contributed by atoms with E-state index in [0.717, 1.165) is 4.47 Å². The highest BCUT2D eigenvalue weighted by Crippen LogP contribution is 2.25. The molecule has 0 bridgehead atoms. The molecule has 0 radical (unpaired) electrons. The summed E-state index contributed by atoms with van der Waals surface area (Å²) in [5.41, 5.74) is 6.63. The maximum atomic E-state index is 11.8. The molecular formula is C14H12BrClN2O2. The van der Waals surface area contributed by atoms with Gasteiger partial charge in [0.25, 0.3) is 5.91 Å². The molecule has 0 fully saturated rings. The zero-order valence-electron chi connectivity index (χ0n) is 10.4. The van der Waals surface area contributed by atoms with Gasteiger partial charge >= 0.3 is 0 Å². The SMILES string of the molecule is Nc1ccc(Cl)c(NC(=O)COc2ccccc2Br)c1. The number of anilines is 2. The number of ether oxygens (including phenoxy) is 1. The van der Waals surface area contributed by atoms with Crippen LogP contribution in [0.3, 0.4) is 0 Å². The number of para-hydroxylation sites is 1. The standard InChI is InChI=1S/C14H12BrClN2O2/c15-10-3-1-2-4-13(10)20-8-14(19)18-12-7-9(17)5-6-11(12)16/h1-7H,8,17H2,(H,18,19). The summed E-state index contributed by atoms with van der Waals surface area (Å²) in [6.45, 7) is -0.117. The molecule has 0 atom stereocenters. The zero-order chi connectivity index (χ0) is 14.5. The van der Waals surface area contributed by atoms with Crippen LogP contribution in [-0.4, -0.2) is 12.5 Å². The number of nitrogens with one attached hydrogen (secondary N) is 1. The molecule has 2 rings (SSSR count). The molecule has 0 saturated carbocycles. The maximum Gasteiger partial charge on any atom is 0.262 e. The van der Waals surface area contributed by atoms with Crippen LogP contribution < -0.4 is 15.8 Å². The van der Waals surface area contributed by atoms with Gasteiger partial charge in [0, 0.05) is 5.69 Å². The van der Waals surface area contributed by atoms with Gasteiger partial charge in [-0.25, -0.2) is 0 Å². The van der Waals surface area contributed by atoms with Crippen molar-refractivity contribution in [2.45, 2.75) is 0 Å². The van der Waals surface area contributed by atoms with Gasteiger partial charge in [0.2, 0.25) is 0 Å². The zero-order valence-corrected chi connectivity index (χ0v) is 12.7. The number of rotatable bonds is 4. The van der Waals surface area contributed by atoms with Gasteiger partial charge in [0.05, 0.1) is 15.2 Å². The van der Waals surface area contributed by atoms with E-state index in [1.807, 2.05) is 18.2 Å². The summed E-state index contributed by atoms with van der Waals surface area (Å²) in [5, 5.41) is 3.07. The second kappa shape index (κ2) is 6.63. The van der Waals surface area contributed by atoms with Gasteiger partial charge in [-0.2, -0.15) is 0 Å². The number of nitrogens with two attached hydrogens (primary N) is 1. The number of carbonyl (C=O) groups is 1. The van der Waals surface area contributed by atoms with Crippen LogP contribution >= 0.6 is 27.5 Å². The Kier molecular flexibility index (Phi) is 4.87. The van der Waals surface area contributed by atoms with Crippen LogP contribution in [0.1, 0.15) is 0 Å². The first-order chi connectivity index (χ1) is 9.56. The predicted octanol–water partition coefficient (Wildman–Crippen LogP) is 3.70. The topological polar surface area (TPSA) is 64.3 Å². The molecule has 3 N–H and O–H groups in total. The fourth-order valence-corrected chi connectivity index (χ4v) is 2.09. The van der Waals surface area contributed by atoms with Gasteiger partial charge in [-0.1, -0.05) is 23.7 Å². The minimum atomic E-state index is -0.312. The Hall–Kier alpha value is -1.72. The number of nitrogen functional groups attached to an aromatic ring is 1. The summed E-state index contributed by atoms with van der Waals surface area (Å²) < 4.78 is 6.19. The number of amides is 1. The molecule has 0 aromatic heterocycles. The fraction of sp³-hybridized carbons (Fsp3) is 0.0714. The normalized spacial score (nSPS) is 10.1. The minimum Gasteiger partial charge on any atom is -0.483 e. The molecule has 2 aromatic carbocycles. The van der Waals surface area contributed by atoms with E-state index in [-0.39, 0.29) is 12.5 Å². The third-order valence-corrected chi connectivity index (χ3v) is 3.44. The molecule has 20 heavy (non-hydrogen) atoms. The third-order valence-electron chi connectivity index (χ3n) is 2.46. The lowest BCUT2D eigenvalue weighted by molar-refractivity contribution is -0.118. The van der Waals surface area contributed by atoms with Crippen molar-refractivity contribution in [3.63, 3.8) is 0 Å². The number of halogens is 2. The molecule has 0 heterocycles. The van der Waals surface area contributed by atoms with Crippen molar-refractivity contribution in [1.29, 1.82) is 0 Å². The Bertz CT molecular complexity index is 634. The Morgan fingerprint density at radius 2 is 2.05 bits per heavy atom. The lowest BCUT2D eigenvalue weighted by atomic mass is 10.3. The average molecular weight is 356 g/mol. The summed E-state index contributed by atoms with van der Waals surface area (Å²) in [5.74, 6) is 0.287. The minimum absolute atomic E-state index is 0.117. The Balaban J connectivity index is 1.96. The Morgan fingerprint density at radius 1 is 1.30 bits per heavy atom. The van der Waals surface area contributed by atoms with E-state index in [1.54, 1.807) is 24.3 Å². The van der Waals surface area contributed by atoms with Gasteiger partial charge < -0.3 is 15.8 Å². The number of hydrogen-bond donors (Lipinski definition) is 2. The third kappa shape index (κ3) is 3.88. The van der Waals surface area contributed by atoms with Gasteiger partial charge in [-0.05, 0) is 46.3 Å². The van der Waals surface area contributed by atoms with Crippen LogP contribution in [0.15, 0.2) is 46.9 Å². The lowest BCUT2D eigenvalue weighted by Crippen LogP contribution is -2.20. The van der Waals surface area contributed by atoms with Gasteiger partial charge in [-0.3, -0.25) is 4.79 Å². The molecule has 0 spiro atoms. The van der Waals surface area contributed by atoms with Crippen molar-refractivity contribution in [2.24, 2.45) is 0 Å². The van der Waals surface area contributed by atoms with Crippen molar-refractivity contribution in [1.82, 2.24) is 0 Å². The highest BCUT2D eigenvalue weighted by Gasteiger charge is 2.08. The Labute approximate surface area is 130 Å². The molecule has 6 heteroatoms. The molecule has 0 saturated heterocycles. The lowest BCUT2D eigenvalue weighted by Gasteiger charge is -2.10. The van der Waals surface area contributed by atoms with Crippen molar-refractivity contribution < 1.29 is 9.53 Å². The second-order valence-electron chi connectivity index (χ2n) is 4.01. The molecule has 0 aliphatic rings. The first-order valence-electron chi connectivity index (χ1n) is 5.78.